The second kappa shape index (κ2) is 6.05. The normalized spacial score (nSPS) is 25.2. The lowest BCUT2D eigenvalue weighted by molar-refractivity contribution is 0.473. The van der Waals surface area contributed by atoms with Crippen molar-refractivity contribution in [1.82, 2.24) is 9.36 Å². The zero-order chi connectivity index (χ0) is 12.3. The Morgan fingerprint density at radius 2 is 2.00 bits per heavy atom. The average molecular weight is 271 g/mol. The Morgan fingerprint density at radius 1 is 1.29 bits per heavy atom. The van der Waals surface area contributed by atoms with Crippen LogP contribution in [0.1, 0.15) is 51.3 Å². The molecule has 5 heteroatoms. The lowest BCUT2D eigenvalue weighted by Crippen LogP contribution is -2.26. The van der Waals surface area contributed by atoms with Gasteiger partial charge in [0, 0.05) is 28.7 Å². The highest BCUT2D eigenvalue weighted by molar-refractivity contribution is 7.99. The molecule has 0 unspecified atom stereocenters. The van der Waals surface area contributed by atoms with Crippen LogP contribution in [0.2, 0.25) is 0 Å². The fraction of sp³-hybridized carbons (Fsp3) is 0.833. The Kier molecular flexibility index (Phi) is 4.68. The van der Waals surface area contributed by atoms with Crippen molar-refractivity contribution in [2.75, 3.05) is 11.6 Å². The van der Waals surface area contributed by atoms with Crippen LogP contribution in [0, 0.1) is 0 Å². The number of hydrogen-bond donors (Lipinski definition) is 1. The fourth-order valence-corrected chi connectivity index (χ4v) is 3.67. The van der Waals surface area contributed by atoms with Crippen molar-refractivity contribution >= 4 is 28.4 Å². The number of hydrogen-bond acceptors (Lipinski definition) is 5. The van der Waals surface area contributed by atoms with Crippen LogP contribution in [0.3, 0.4) is 0 Å². The minimum Gasteiger partial charge on any atom is -0.358 e. The van der Waals surface area contributed by atoms with E-state index in [9.17, 15) is 0 Å². The van der Waals surface area contributed by atoms with Gasteiger partial charge < -0.3 is 5.32 Å². The van der Waals surface area contributed by atoms with Crippen LogP contribution in [0.25, 0.3) is 0 Å². The molecule has 1 aliphatic carbocycles. The van der Waals surface area contributed by atoms with Gasteiger partial charge in [0.2, 0.25) is 5.13 Å². The van der Waals surface area contributed by atoms with Gasteiger partial charge in [-0.05, 0) is 31.9 Å². The van der Waals surface area contributed by atoms with Crippen molar-refractivity contribution in [2.24, 2.45) is 0 Å². The molecular weight excluding hydrogens is 250 g/mol. The Hall–Kier alpha value is -0.290. The largest absolute Gasteiger partial charge is 0.358 e. The molecule has 1 fully saturated rings. The number of nitrogens with zero attached hydrogens (tertiary/aromatic N) is 2. The maximum atomic E-state index is 4.53. The highest BCUT2D eigenvalue weighted by Gasteiger charge is 2.21. The van der Waals surface area contributed by atoms with Crippen molar-refractivity contribution in [1.29, 1.82) is 0 Å². The number of aromatic nitrogens is 2. The van der Waals surface area contributed by atoms with E-state index in [0.717, 1.165) is 16.2 Å². The first kappa shape index (κ1) is 13.1. The Morgan fingerprint density at radius 3 is 2.53 bits per heavy atom. The van der Waals surface area contributed by atoms with Crippen LogP contribution in [0.4, 0.5) is 5.13 Å². The lowest BCUT2D eigenvalue weighted by atomic mass is 9.95. The monoisotopic (exact) mass is 271 g/mol. The van der Waals surface area contributed by atoms with Crippen molar-refractivity contribution in [3.63, 3.8) is 0 Å². The molecule has 3 nitrogen and oxygen atoms in total. The maximum Gasteiger partial charge on any atom is 0.202 e. The molecule has 1 aromatic heterocycles. The zero-order valence-electron chi connectivity index (χ0n) is 10.8. The predicted molar refractivity (Wildman–Crippen MR) is 77.2 cm³/mol. The van der Waals surface area contributed by atoms with E-state index in [0.29, 0.717) is 12.0 Å². The van der Waals surface area contributed by atoms with Crippen LogP contribution >= 0.6 is 23.3 Å². The highest BCUT2D eigenvalue weighted by Crippen LogP contribution is 2.29. The molecule has 0 aliphatic heterocycles. The molecule has 96 valence electrons. The van der Waals surface area contributed by atoms with E-state index in [-0.39, 0.29) is 0 Å². The summed E-state index contributed by atoms with van der Waals surface area (Å²) in [5.74, 6) is 1.39. The van der Waals surface area contributed by atoms with E-state index in [1.165, 1.54) is 37.2 Å². The topological polar surface area (TPSA) is 37.8 Å². The molecule has 1 N–H and O–H groups in total. The summed E-state index contributed by atoms with van der Waals surface area (Å²) in [7, 11) is 0. The van der Waals surface area contributed by atoms with Gasteiger partial charge in [0.25, 0.3) is 0 Å². The zero-order valence-corrected chi connectivity index (χ0v) is 12.4. The summed E-state index contributed by atoms with van der Waals surface area (Å²) in [6, 6.07) is 0.603. The molecule has 17 heavy (non-hydrogen) atoms. The van der Waals surface area contributed by atoms with Gasteiger partial charge in [0.1, 0.15) is 5.82 Å². The minimum atomic E-state index is 0.425. The second-order valence-corrected chi connectivity index (χ2v) is 6.86. The van der Waals surface area contributed by atoms with E-state index in [2.05, 4.69) is 34.8 Å². The number of anilines is 1. The second-order valence-electron chi connectivity index (χ2n) is 4.97. The first-order valence-corrected chi connectivity index (χ1v) is 8.38. The molecule has 1 aliphatic rings. The van der Waals surface area contributed by atoms with Gasteiger partial charge in [-0.15, -0.1) is 0 Å². The lowest BCUT2D eigenvalue weighted by Gasteiger charge is -2.27. The molecule has 2 rings (SSSR count). The predicted octanol–water partition coefficient (Wildman–Crippen LogP) is 3.75. The first-order valence-electron chi connectivity index (χ1n) is 6.32. The van der Waals surface area contributed by atoms with E-state index < -0.39 is 0 Å². The summed E-state index contributed by atoms with van der Waals surface area (Å²) in [5.41, 5.74) is 0. The summed E-state index contributed by atoms with van der Waals surface area (Å²) in [6.45, 7) is 4.27. The number of rotatable bonds is 4. The molecule has 0 atom stereocenters. The maximum absolute atomic E-state index is 4.53. The molecule has 0 spiro atoms. The highest BCUT2D eigenvalue weighted by atomic mass is 32.2. The third-order valence-corrected chi connectivity index (χ3v) is 5.09. The van der Waals surface area contributed by atoms with Crippen LogP contribution in [0.5, 0.6) is 0 Å². The van der Waals surface area contributed by atoms with E-state index >= 15 is 0 Å². The van der Waals surface area contributed by atoms with Gasteiger partial charge in [-0.3, -0.25) is 0 Å². The molecule has 1 aromatic rings. The van der Waals surface area contributed by atoms with Gasteiger partial charge in [0.05, 0.1) is 0 Å². The molecular formula is C12H21N3S2. The fourth-order valence-electron chi connectivity index (χ4n) is 2.15. The van der Waals surface area contributed by atoms with E-state index in [1.807, 2.05) is 11.8 Å². The number of thioether (sulfide) groups is 1. The third-order valence-electron chi connectivity index (χ3n) is 3.29. The van der Waals surface area contributed by atoms with Crippen LogP contribution < -0.4 is 5.32 Å². The van der Waals surface area contributed by atoms with Crippen molar-refractivity contribution in [3.8, 4) is 0 Å². The van der Waals surface area contributed by atoms with Crippen molar-refractivity contribution in [2.45, 2.75) is 56.7 Å². The molecule has 0 radical (unpaired) electrons. The van der Waals surface area contributed by atoms with Crippen molar-refractivity contribution < 1.29 is 0 Å². The first-order chi connectivity index (χ1) is 8.19. The van der Waals surface area contributed by atoms with E-state index in [4.69, 9.17) is 0 Å². The summed E-state index contributed by atoms with van der Waals surface area (Å²) < 4.78 is 4.38. The Balaban J connectivity index is 1.84. The van der Waals surface area contributed by atoms with Gasteiger partial charge in [-0.2, -0.15) is 16.1 Å². The standard InChI is InChI=1S/C12H21N3S2/c1-8(2)11-14-12(17-15-11)13-9-4-6-10(16-3)7-5-9/h8-10H,4-7H2,1-3H3,(H,13,14,15). The van der Waals surface area contributed by atoms with Crippen LogP contribution in [-0.4, -0.2) is 26.9 Å². The average Bonchev–Trinajstić information content (AvgIpc) is 2.79. The minimum absolute atomic E-state index is 0.425. The molecule has 0 bridgehead atoms. The Bertz CT molecular complexity index is 343. The molecule has 1 heterocycles. The smallest absolute Gasteiger partial charge is 0.202 e. The van der Waals surface area contributed by atoms with E-state index in [1.54, 1.807) is 0 Å². The quantitative estimate of drug-likeness (QED) is 0.905. The van der Waals surface area contributed by atoms with Crippen LogP contribution in [0.15, 0.2) is 0 Å². The summed E-state index contributed by atoms with van der Waals surface area (Å²) in [4.78, 5) is 4.53. The molecule has 1 saturated carbocycles. The van der Waals surface area contributed by atoms with Crippen molar-refractivity contribution in [3.05, 3.63) is 5.82 Å². The molecule has 0 saturated heterocycles. The molecule has 0 aromatic carbocycles. The molecule has 0 amide bonds. The van der Waals surface area contributed by atoms with Gasteiger partial charge in [-0.1, -0.05) is 13.8 Å². The summed E-state index contributed by atoms with van der Waals surface area (Å²) in [6.07, 6.45) is 7.41. The number of nitrogens with one attached hydrogen (secondary N) is 1. The summed E-state index contributed by atoms with van der Waals surface area (Å²) >= 11 is 3.51. The Labute approximate surface area is 112 Å². The van der Waals surface area contributed by atoms with Gasteiger partial charge >= 0.3 is 0 Å². The van der Waals surface area contributed by atoms with Gasteiger partial charge in [0.15, 0.2) is 0 Å². The summed E-state index contributed by atoms with van der Waals surface area (Å²) in [5, 5.41) is 5.41. The third kappa shape index (κ3) is 3.58. The SMILES string of the molecule is CSC1CCC(Nc2nc(C(C)C)ns2)CC1. The van der Waals surface area contributed by atoms with Crippen LogP contribution in [-0.2, 0) is 0 Å². The van der Waals surface area contributed by atoms with Gasteiger partial charge in [-0.25, -0.2) is 4.98 Å².